The molecule has 1 atom stereocenters. The number of sulfonamides is 1. The van der Waals surface area contributed by atoms with E-state index in [0.717, 1.165) is 10.6 Å². The lowest BCUT2D eigenvalue weighted by molar-refractivity contribution is -0.116. The molecule has 128 valence electrons. The standard InChI is InChI=1S/C16H16Cl2N2O3S/c1-11(16(21)19-14-7-3-5-12(17)9-14)20(24(2,22)23)15-8-4-6-13(18)10-15/h3-11H,1-2H3,(H,19,21)/t11-/m1/s1. The molecule has 0 saturated carbocycles. The molecule has 0 aliphatic rings. The molecule has 0 bridgehead atoms. The number of carbonyl (C=O) groups excluding carboxylic acids is 1. The lowest BCUT2D eigenvalue weighted by Gasteiger charge is -2.28. The Bertz CT molecular complexity index is 856. The van der Waals surface area contributed by atoms with Crippen molar-refractivity contribution in [3.63, 3.8) is 0 Å². The lowest BCUT2D eigenvalue weighted by atomic mass is 10.2. The van der Waals surface area contributed by atoms with Crippen molar-refractivity contribution in [2.45, 2.75) is 13.0 Å². The zero-order valence-corrected chi connectivity index (χ0v) is 15.4. The van der Waals surface area contributed by atoms with Crippen LogP contribution in [0.3, 0.4) is 0 Å². The van der Waals surface area contributed by atoms with E-state index >= 15 is 0 Å². The molecular formula is C16H16Cl2N2O3S. The summed E-state index contributed by atoms with van der Waals surface area (Å²) in [6.07, 6.45) is 1.04. The summed E-state index contributed by atoms with van der Waals surface area (Å²) in [5.74, 6) is -0.484. The van der Waals surface area contributed by atoms with E-state index in [2.05, 4.69) is 5.32 Å². The molecule has 0 fully saturated rings. The first-order valence-corrected chi connectivity index (χ1v) is 9.60. The van der Waals surface area contributed by atoms with Crippen LogP contribution in [0.15, 0.2) is 48.5 Å². The minimum absolute atomic E-state index is 0.318. The summed E-state index contributed by atoms with van der Waals surface area (Å²) in [6, 6.07) is 12.0. The quantitative estimate of drug-likeness (QED) is 0.849. The Kier molecular flexibility index (Phi) is 5.74. The van der Waals surface area contributed by atoms with E-state index in [9.17, 15) is 13.2 Å². The van der Waals surface area contributed by atoms with E-state index in [1.54, 1.807) is 42.5 Å². The average Bonchev–Trinajstić information content (AvgIpc) is 2.46. The highest BCUT2D eigenvalue weighted by Gasteiger charge is 2.29. The number of hydrogen-bond acceptors (Lipinski definition) is 3. The number of amides is 1. The van der Waals surface area contributed by atoms with Crippen LogP contribution >= 0.6 is 23.2 Å². The van der Waals surface area contributed by atoms with Gasteiger partial charge in [0.25, 0.3) is 0 Å². The van der Waals surface area contributed by atoms with Crippen LogP contribution in [-0.4, -0.2) is 26.6 Å². The number of carbonyl (C=O) groups is 1. The Hall–Kier alpha value is -1.76. The van der Waals surface area contributed by atoms with Crippen molar-refractivity contribution in [3.8, 4) is 0 Å². The molecule has 0 heterocycles. The first kappa shape index (κ1) is 18.6. The van der Waals surface area contributed by atoms with Gasteiger partial charge in [-0.15, -0.1) is 0 Å². The van der Waals surface area contributed by atoms with Gasteiger partial charge in [0.2, 0.25) is 15.9 Å². The van der Waals surface area contributed by atoms with E-state index in [-0.39, 0.29) is 0 Å². The summed E-state index contributed by atoms with van der Waals surface area (Å²) in [5.41, 5.74) is 0.803. The Labute approximate surface area is 151 Å². The highest BCUT2D eigenvalue weighted by molar-refractivity contribution is 7.92. The molecule has 0 spiro atoms. The fraction of sp³-hybridized carbons (Fsp3) is 0.188. The number of nitrogens with one attached hydrogen (secondary N) is 1. The molecule has 0 aliphatic carbocycles. The minimum Gasteiger partial charge on any atom is -0.324 e. The van der Waals surface area contributed by atoms with E-state index in [0.29, 0.717) is 21.4 Å². The molecular weight excluding hydrogens is 371 g/mol. The Morgan fingerprint density at radius 3 is 2.21 bits per heavy atom. The molecule has 0 unspecified atom stereocenters. The lowest BCUT2D eigenvalue weighted by Crippen LogP contribution is -2.45. The second-order valence-corrected chi connectivity index (χ2v) is 7.95. The molecule has 1 amide bonds. The molecule has 8 heteroatoms. The zero-order chi connectivity index (χ0) is 17.9. The van der Waals surface area contributed by atoms with Gasteiger partial charge in [0.15, 0.2) is 0 Å². The molecule has 5 nitrogen and oxygen atoms in total. The van der Waals surface area contributed by atoms with E-state index in [4.69, 9.17) is 23.2 Å². The van der Waals surface area contributed by atoms with Crippen LogP contribution in [-0.2, 0) is 14.8 Å². The highest BCUT2D eigenvalue weighted by Crippen LogP contribution is 2.25. The van der Waals surface area contributed by atoms with Gasteiger partial charge in [-0.25, -0.2) is 8.42 Å². The Balaban J connectivity index is 2.31. The van der Waals surface area contributed by atoms with Crippen molar-refractivity contribution in [2.24, 2.45) is 0 Å². The molecule has 0 saturated heterocycles. The third-order valence-electron chi connectivity index (χ3n) is 3.24. The fourth-order valence-electron chi connectivity index (χ4n) is 2.23. The maximum atomic E-state index is 12.5. The minimum atomic E-state index is -3.69. The molecule has 2 rings (SSSR count). The summed E-state index contributed by atoms with van der Waals surface area (Å²) in [6.45, 7) is 1.50. The van der Waals surface area contributed by atoms with Crippen LogP contribution in [0.1, 0.15) is 6.92 Å². The number of nitrogens with zero attached hydrogens (tertiary/aromatic N) is 1. The van der Waals surface area contributed by atoms with E-state index < -0.39 is 22.0 Å². The number of halogens is 2. The van der Waals surface area contributed by atoms with Gasteiger partial charge in [-0.2, -0.15) is 0 Å². The third-order valence-corrected chi connectivity index (χ3v) is 4.96. The summed E-state index contributed by atoms with van der Waals surface area (Å²) in [7, 11) is -3.69. The van der Waals surface area contributed by atoms with Gasteiger partial charge in [-0.1, -0.05) is 35.3 Å². The van der Waals surface area contributed by atoms with Gasteiger partial charge in [-0.3, -0.25) is 9.10 Å². The van der Waals surface area contributed by atoms with Crippen molar-refractivity contribution < 1.29 is 13.2 Å². The molecule has 0 radical (unpaired) electrons. The second kappa shape index (κ2) is 7.42. The first-order valence-electron chi connectivity index (χ1n) is 7.00. The van der Waals surface area contributed by atoms with Crippen LogP contribution in [0, 0.1) is 0 Å². The van der Waals surface area contributed by atoms with Crippen LogP contribution in [0.5, 0.6) is 0 Å². The van der Waals surface area contributed by atoms with Crippen molar-refractivity contribution in [2.75, 3.05) is 15.9 Å². The van der Waals surface area contributed by atoms with Crippen LogP contribution in [0.4, 0.5) is 11.4 Å². The topological polar surface area (TPSA) is 66.5 Å². The maximum absolute atomic E-state index is 12.5. The number of benzene rings is 2. The van der Waals surface area contributed by atoms with Crippen molar-refractivity contribution in [1.82, 2.24) is 0 Å². The van der Waals surface area contributed by atoms with Crippen molar-refractivity contribution >= 4 is 50.5 Å². The van der Waals surface area contributed by atoms with Gasteiger partial charge < -0.3 is 5.32 Å². The molecule has 0 aliphatic heterocycles. The predicted molar refractivity (Wildman–Crippen MR) is 98.3 cm³/mol. The van der Waals surface area contributed by atoms with Gasteiger partial charge in [0.05, 0.1) is 11.9 Å². The number of hydrogen-bond donors (Lipinski definition) is 1. The average molecular weight is 387 g/mol. The largest absolute Gasteiger partial charge is 0.324 e. The van der Waals surface area contributed by atoms with Crippen LogP contribution in [0.25, 0.3) is 0 Å². The Morgan fingerprint density at radius 2 is 1.67 bits per heavy atom. The third kappa shape index (κ3) is 4.63. The highest BCUT2D eigenvalue weighted by atomic mass is 35.5. The summed E-state index contributed by atoms with van der Waals surface area (Å²) in [4.78, 5) is 12.5. The fourth-order valence-corrected chi connectivity index (χ4v) is 3.78. The van der Waals surface area contributed by atoms with Gasteiger partial charge in [0.1, 0.15) is 6.04 Å². The van der Waals surface area contributed by atoms with Crippen molar-refractivity contribution in [1.29, 1.82) is 0 Å². The molecule has 24 heavy (non-hydrogen) atoms. The predicted octanol–water partition coefficient (Wildman–Crippen LogP) is 3.79. The van der Waals surface area contributed by atoms with E-state index in [1.165, 1.54) is 13.0 Å². The van der Waals surface area contributed by atoms with Crippen molar-refractivity contribution in [3.05, 3.63) is 58.6 Å². The molecule has 0 aromatic heterocycles. The summed E-state index contributed by atoms with van der Waals surface area (Å²) in [5, 5.41) is 3.50. The molecule has 2 aromatic rings. The maximum Gasteiger partial charge on any atom is 0.247 e. The van der Waals surface area contributed by atoms with Crippen LogP contribution < -0.4 is 9.62 Å². The monoisotopic (exact) mass is 386 g/mol. The normalized spacial score (nSPS) is 12.5. The molecule has 2 aromatic carbocycles. The van der Waals surface area contributed by atoms with Crippen LogP contribution in [0.2, 0.25) is 10.0 Å². The van der Waals surface area contributed by atoms with Gasteiger partial charge >= 0.3 is 0 Å². The second-order valence-electron chi connectivity index (χ2n) is 5.21. The SMILES string of the molecule is C[C@H](C(=O)Nc1cccc(Cl)c1)N(c1cccc(Cl)c1)S(C)(=O)=O. The summed E-state index contributed by atoms with van der Waals surface area (Å²) >= 11 is 11.8. The van der Waals surface area contributed by atoms with Gasteiger partial charge in [-0.05, 0) is 43.3 Å². The Morgan fingerprint density at radius 1 is 1.08 bits per heavy atom. The molecule has 1 N–H and O–H groups in total. The van der Waals surface area contributed by atoms with E-state index in [1.807, 2.05) is 0 Å². The number of anilines is 2. The zero-order valence-electron chi connectivity index (χ0n) is 13.0. The number of rotatable bonds is 5. The summed E-state index contributed by atoms with van der Waals surface area (Å²) < 4.78 is 25.4. The van der Waals surface area contributed by atoms with Gasteiger partial charge in [0, 0.05) is 15.7 Å². The smallest absolute Gasteiger partial charge is 0.247 e. The first-order chi connectivity index (χ1) is 11.2.